The summed E-state index contributed by atoms with van der Waals surface area (Å²) in [6.45, 7) is 2.42. The number of piperazine rings is 1. The minimum atomic E-state index is -4.79. The number of anilines is 5. The van der Waals surface area contributed by atoms with Crippen LogP contribution in [0, 0.1) is 5.82 Å². The Morgan fingerprint density at radius 3 is 2.38 bits per heavy atom. The quantitative estimate of drug-likeness (QED) is 0.147. The minimum absolute atomic E-state index is 0.0355. The van der Waals surface area contributed by atoms with Crippen molar-refractivity contribution in [2.24, 2.45) is 0 Å². The zero-order valence-electron chi connectivity index (χ0n) is 31.0. The maximum Gasteiger partial charge on any atom is 0.421 e. The topological polar surface area (TPSA) is 190 Å². The number of alkyl halides is 3. The third-order valence-corrected chi connectivity index (χ3v) is 11.2. The summed E-state index contributed by atoms with van der Waals surface area (Å²) in [4.78, 5) is 67.2. The van der Waals surface area contributed by atoms with Crippen LogP contribution >= 0.6 is 0 Å². The molecule has 4 amide bonds. The number of benzene rings is 2. The van der Waals surface area contributed by atoms with Crippen molar-refractivity contribution in [2.45, 2.75) is 38.1 Å². The molecule has 3 aliphatic rings. The second-order valence-electron chi connectivity index (χ2n) is 13.9. The number of rotatable bonds is 11. The summed E-state index contributed by atoms with van der Waals surface area (Å²) in [6, 6.07) is 11.7. The van der Waals surface area contributed by atoms with Crippen LogP contribution in [0.15, 0.2) is 60.9 Å². The monoisotopic (exact) mass is 824 g/mol. The van der Waals surface area contributed by atoms with Crippen LogP contribution < -0.4 is 25.2 Å². The Labute approximate surface area is 329 Å². The van der Waals surface area contributed by atoms with Gasteiger partial charge in [0.1, 0.15) is 29.1 Å². The Kier molecular flexibility index (Phi) is 10.8. The number of carbonyl (C=O) groups excluding carboxylic acids is 4. The third-order valence-electron chi connectivity index (χ3n) is 10.0. The minimum Gasteiger partial charge on any atom is -0.369 e. The van der Waals surface area contributed by atoms with Crippen molar-refractivity contribution in [3.8, 4) is 0 Å². The van der Waals surface area contributed by atoms with Gasteiger partial charge in [-0.15, -0.1) is 0 Å². The van der Waals surface area contributed by atoms with E-state index >= 15 is 4.39 Å². The number of sulfonamides is 1. The largest absolute Gasteiger partial charge is 0.421 e. The van der Waals surface area contributed by atoms with Crippen LogP contribution in [0.25, 0.3) is 0 Å². The Bertz CT molecular complexity index is 2410. The van der Waals surface area contributed by atoms with Gasteiger partial charge in [0.05, 0.1) is 17.4 Å². The number of amides is 4. The Hall–Kier alpha value is -6.22. The molecule has 1 atom stereocenters. The van der Waals surface area contributed by atoms with Crippen molar-refractivity contribution in [2.75, 3.05) is 59.3 Å². The number of halogens is 4. The molecule has 58 heavy (non-hydrogen) atoms. The number of pyridine rings is 1. The van der Waals surface area contributed by atoms with E-state index < -0.39 is 63.1 Å². The first-order valence-electron chi connectivity index (χ1n) is 17.9. The van der Waals surface area contributed by atoms with Gasteiger partial charge >= 0.3 is 6.18 Å². The first-order valence-corrected chi connectivity index (χ1v) is 19.8. The molecule has 3 N–H and O–H groups in total. The second kappa shape index (κ2) is 15.6. The molecule has 0 saturated carbocycles. The molecule has 4 aromatic rings. The summed E-state index contributed by atoms with van der Waals surface area (Å²) < 4.78 is 82.2. The number of carbonyl (C=O) groups is 4. The summed E-state index contributed by atoms with van der Waals surface area (Å²) in [6.07, 6.45) is -1.85. The molecule has 0 spiro atoms. The van der Waals surface area contributed by atoms with Crippen LogP contribution in [0.2, 0.25) is 0 Å². The molecular weight excluding hydrogens is 789 g/mol. The highest BCUT2D eigenvalue weighted by molar-refractivity contribution is 7.92. The lowest BCUT2D eigenvalue weighted by Crippen LogP contribution is -2.54. The molecule has 3 aliphatic heterocycles. The second-order valence-corrected chi connectivity index (χ2v) is 15.9. The SMILES string of the molecule is CN(c1ncccc1CNc1nc(Nc2ccc(N3CCN(Cc4cc(F)c5c(c4)C(=O)N(C4CCC(=O)NC4=O)C5=O)CC3)cc2)ncc1C(F)(F)F)S(C)(=O)=O. The van der Waals surface area contributed by atoms with Crippen LogP contribution in [0.3, 0.4) is 0 Å². The number of hydrogen-bond donors (Lipinski definition) is 3. The average molecular weight is 825 g/mol. The molecule has 2 aromatic carbocycles. The molecule has 16 nitrogen and oxygen atoms in total. The van der Waals surface area contributed by atoms with Crippen LogP contribution in [0.5, 0.6) is 0 Å². The van der Waals surface area contributed by atoms with Gasteiger partial charge < -0.3 is 15.5 Å². The van der Waals surface area contributed by atoms with E-state index in [-0.39, 0.29) is 42.3 Å². The van der Waals surface area contributed by atoms with E-state index in [1.165, 1.54) is 37.5 Å². The van der Waals surface area contributed by atoms with Crippen LogP contribution in [0.4, 0.5) is 46.5 Å². The molecule has 7 rings (SSSR count). The predicted molar refractivity (Wildman–Crippen MR) is 202 cm³/mol. The zero-order valence-corrected chi connectivity index (χ0v) is 31.8. The first-order chi connectivity index (χ1) is 27.5. The summed E-state index contributed by atoms with van der Waals surface area (Å²) in [5, 5.41) is 7.70. The van der Waals surface area contributed by atoms with E-state index in [1.807, 2.05) is 12.1 Å². The van der Waals surface area contributed by atoms with Gasteiger partial charge in [0.25, 0.3) is 11.8 Å². The number of aromatic nitrogens is 3. The fourth-order valence-electron chi connectivity index (χ4n) is 6.97. The van der Waals surface area contributed by atoms with Crippen molar-refractivity contribution in [3.05, 3.63) is 94.6 Å². The third kappa shape index (κ3) is 8.26. The maximum absolute atomic E-state index is 15.3. The Morgan fingerprint density at radius 1 is 0.983 bits per heavy atom. The Morgan fingerprint density at radius 2 is 1.71 bits per heavy atom. The molecule has 2 aromatic heterocycles. The Balaban J connectivity index is 0.969. The maximum atomic E-state index is 15.3. The fraction of sp³-hybridized carbons (Fsp3) is 0.324. The predicted octanol–water partition coefficient (Wildman–Crippen LogP) is 3.50. The lowest BCUT2D eigenvalue weighted by molar-refractivity contribution is -0.138. The van der Waals surface area contributed by atoms with Crippen LogP contribution in [-0.2, 0) is 38.9 Å². The summed E-state index contributed by atoms with van der Waals surface area (Å²) in [5.74, 6) is -4.42. The molecule has 2 saturated heterocycles. The molecule has 304 valence electrons. The van der Waals surface area contributed by atoms with Crippen molar-refractivity contribution < 1.29 is 45.2 Å². The summed E-state index contributed by atoms with van der Waals surface area (Å²) >= 11 is 0. The highest BCUT2D eigenvalue weighted by Crippen LogP contribution is 2.35. The molecule has 21 heteroatoms. The van der Waals surface area contributed by atoms with Gasteiger partial charge in [-0.05, 0) is 54.4 Å². The van der Waals surface area contributed by atoms with Crippen molar-refractivity contribution in [1.29, 1.82) is 0 Å². The average Bonchev–Trinajstić information content (AvgIpc) is 3.42. The molecule has 0 bridgehead atoms. The zero-order chi connectivity index (χ0) is 41.5. The molecule has 0 radical (unpaired) electrons. The van der Waals surface area contributed by atoms with E-state index in [1.54, 1.807) is 12.1 Å². The van der Waals surface area contributed by atoms with Gasteiger partial charge in [-0.3, -0.25) is 38.6 Å². The molecule has 0 aliphatic carbocycles. The highest BCUT2D eigenvalue weighted by atomic mass is 32.2. The van der Waals surface area contributed by atoms with E-state index in [0.717, 1.165) is 21.1 Å². The van der Waals surface area contributed by atoms with Gasteiger partial charge in [-0.1, -0.05) is 6.07 Å². The number of fused-ring (bicyclic) bond motifs is 1. The molecule has 1 unspecified atom stereocenters. The number of imide groups is 2. The van der Waals surface area contributed by atoms with Gasteiger partial charge in [0.15, 0.2) is 0 Å². The van der Waals surface area contributed by atoms with Gasteiger partial charge in [0.2, 0.25) is 27.8 Å². The van der Waals surface area contributed by atoms with Crippen LogP contribution in [-0.4, -0.2) is 102 Å². The lowest BCUT2D eigenvalue weighted by Gasteiger charge is -2.36. The van der Waals surface area contributed by atoms with Crippen molar-refractivity contribution in [3.63, 3.8) is 0 Å². The summed E-state index contributed by atoms with van der Waals surface area (Å²) in [7, 11) is -2.40. The molecular formula is C37H36F4N10O6S. The highest BCUT2D eigenvalue weighted by Gasteiger charge is 2.46. The smallest absolute Gasteiger partial charge is 0.369 e. The lowest BCUT2D eigenvalue weighted by atomic mass is 10.0. The van der Waals surface area contributed by atoms with E-state index in [0.29, 0.717) is 55.7 Å². The first kappa shape index (κ1) is 40.0. The van der Waals surface area contributed by atoms with E-state index in [2.05, 4.69) is 40.7 Å². The summed E-state index contributed by atoms with van der Waals surface area (Å²) in [5.41, 5.74) is 0.546. The van der Waals surface area contributed by atoms with Crippen molar-refractivity contribution >= 4 is 62.6 Å². The van der Waals surface area contributed by atoms with Gasteiger partial charge in [-0.2, -0.15) is 18.2 Å². The number of nitrogens with one attached hydrogen (secondary N) is 3. The fourth-order valence-corrected chi connectivity index (χ4v) is 7.45. The normalized spacial score (nSPS) is 17.7. The van der Waals surface area contributed by atoms with Crippen molar-refractivity contribution in [1.82, 2.24) is 30.1 Å². The standard InChI is InChI=1S/C37H36F4N10O6S/c1-48(58(2,56)57)32-22(4-3-11-42-32)18-43-31-26(37(39,40)41)19-44-36(47-31)45-23-5-7-24(8-6-23)50-14-12-49(13-15-50)20-21-16-25-30(27(38)17-21)35(55)51(34(25)54)28-9-10-29(52)46-33(28)53/h3-8,11,16-17,19,28H,9-10,12-15,18,20H2,1-2H3,(H,46,52,53)(H2,43,44,45,47). The number of piperidine rings is 1. The molecule has 5 heterocycles. The van der Waals surface area contributed by atoms with Gasteiger partial charge in [-0.25, -0.2) is 22.8 Å². The number of nitrogens with zero attached hydrogens (tertiary/aromatic N) is 7. The van der Waals surface area contributed by atoms with E-state index in [9.17, 15) is 40.8 Å². The molecule has 2 fully saturated rings. The van der Waals surface area contributed by atoms with Crippen LogP contribution in [0.1, 0.15) is 50.2 Å². The van der Waals surface area contributed by atoms with Gasteiger partial charge in [0, 0.05) is 82.1 Å². The number of hydrogen-bond acceptors (Lipinski definition) is 13. The van der Waals surface area contributed by atoms with E-state index in [4.69, 9.17) is 0 Å².